The Kier molecular flexibility index (Phi) is 3.96. The second-order valence-electron chi connectivity index (χ2n) is 4.98. The van der Waals surface area contributed by atoms with Gasteiger partial charge in [0.25, 0.3) is 5.95 Å². The Hall–Kier alpha value is -2.95. The summed E-state index contributed by atoms with van der Waals surface area (Å²) in [6.07, 6.45) is 1.62. The van der Waals surface area contributed by atoms with Gasteiger partial charge in [0.05, 0.1) is 6.20 Å². The molecule has 0 aliphatic rings. The number of anilines is 4. The van der Waals surface area contributed by atoms with Gasteiger partial charge in [-0.05, 0) is 30.7 Å². The van der Waals surface area contributed by atoms with E-state index in [2.05, 4.69) is 20.5 Å². The fourth-order valence-electron chi connectivity index (χ4n) is 2.11. The number of nitrogens with one attached hydrogen (secondary N) is 1. The fourth-order valence-corrected chi connectivity index (χ4v) is 2.11. The van der Waals surface area contributed by atoms with Crippen molar-refractivity contribution in [3.05, 3.63) is 66.4 Å². The largest absolute Gasteiger partial charge is 0.339 e. The molecular weight excluding hydrogens is 274 g/mol. The summed E-state index contributed by atoms with van der Waals surface area (Å²) in [4.78, 5) is 6.43. The number of aryl methyl sites for hydroxylation is 1. The zero-order chi connectivity index (χ0) is 15.4. The SMILES string of the molecule is Cc1ccccc1Nc1cnnc(N(C)c2ccccc2)n1. The summed E-state index contributed by atoms with van der Waals surface area (Å²) in [6, 6.07) is 18.0. The van der Waals surface area contributed by atoms with Gasteiger partial charge < -0.3 is 10.2 Å². The van der Waals surface area contributed by atoms with Gasteiger partial charge >= 0.3 is 0 Å². The second-order valence-corrected chi connectivity index (χ2v) is 4.98. The van der Waals surface area contributed by atoms with E-state index in [0.717, 1.165) is 16.9 Å². The van der Waals surface area contributed by atoms with E-state index in [9.17, 15) is 0 Å². The molecule has 1 N–H and O–H groups in total. The smallest absolute Gasteiger partial charge is 0.251 e. The molecule has 0 aliphatic heterocycles. The van der Waals surface area contributed by atoms with E-state index >= 15 is 0 Å². The van der Waals surface area contributed by atoms with Crippen molar-refractivity contribution in [2.45, 2.75) is 6.92 Å². The van der Waals surface area contributed by atoms with Crippen LogP contribution in [0.25, 0.3) is 0 Å². The Labute approximate surface area is 129 Å². The molecule has 0 saturated carbocycles. The highest BCUT2D eigenvalue weighted by atomic mass is 15.3. The molecule has 0 saturated heterocycles. The number of aromatic nitrogens is 3. The van der Waals surface area contributed by atoms with E-state index in [0.29, 0.717) is 11.8 Å². The van der Waals surface area contributed by atoms with Crippen LogP contribution in [0.3, 0.4) is 0 Å². The second kappa shape index (κ2) is 6.22. The summed E-state index contributed by atoms with van der Waals surface area (Å²) >= 11 is 0. The molecule has 0 amide bonds. The molecule has 1 heterocycles. The Morgan fingerprint density at radius 3 is 2.45 bits per heavy atom. The fraction of sp³-hybridized carbons (Fsp3) is 0.118. The van der Waals surface area contributed by atoms with Gasteiger partial charge in [0.2, 0.25) is 0 Å². The number of rotatable bonds is 4. The topological polar surface area (TPSA) is 53.9 Å². The van der Waals surface area contributed by atoms with Crippen LogP contribution in [0.15, 0.2) is 60.8 Å². The molecule has 0 unspecified atom stereocenters. The molecule has 22 heavy (non-hydrogen) atoms. The summed E-state index contributed by atoms with van der Waals surface area (Å²) in [6.45, 7) is 2.05. The van der Waals surface area contributed by atoms with Crippen LogP contribution in [0, 0.1) is 6.92 Å². The summed E-state index contributed by atoms with van der Waals surface area (Å²) in [7, 11) is 1.92. The van der Waals surface area contributed by atoms with Crippen LogP contribution in [0.5, 0.6) is 0 Å². The third kappa shape index (κ3) is 3.03. The predicted octanol–water partition coefficient (Wildman–Crippen LogP) is 3.69. The van der Waals surface area contributed by atoms with Gasteiger partial charge in [0.15, 0.2) is 5.82 Å². The minimum atomic E-state index is 0.546. The average Bonchev–Trinajstić information content (AvgIpc) is 2.57. The maximum atomic E-state index is 4.53. The highest BCUT2D eigenvalue weighted by molar-refractivity contribution is 5.62. The zero-order valence-corrected chi connectivity index (χ0v) is 12.6. The van der Waals surface area contributed by atoms with E-state index in [-0.39, 0.29) is 0 Å². The third-order valence-electron chi connectivity index (χ3n) is 3.40. The molecule has 0 spiro atoms. The van der Waals surface area contributed by atoms with Crippen molar-refractivity contribution in [2.75, 3.05) is 17.3 Å². The Morgan fingerprint density at radius 2 is 1.68 bits per heavy atom. The molecule has 3 aromatic rings. The summed E-state index contributed by atoms with van der Waals surface area (Å²) in [5, 5.41) is 11.4. The van der Waals surface area contributed by atoms with Gasteiger partial charge in [-0.25, -0.2) is 0 Å². The van der Waals surface area contributed by atoms with E-state index < -0.39 is 0 Å². The van der Waals surface area contributed by atoms with Crippen molar-refractivity contribution >= 4 is 23.1 Å². The molecule has 0 fully saturated rings. The molecule has 0 radical (unpaired) electrons. The monoisotopic (exact) mass is 291 g/mol. The van der Waals surface area contributed by atoms with Gasteiger partial charge in [-0.2, -0.15) is 10.1 Å². The molecule has 5 nitrogen and oxygen atoms in total. The van der Waals surface area contributed by atoms with Crippen molar-refractivity contribution in [1.82, 2.24) is 15.2 Å². The van der Waals surface area contributed by atoms with Crippen LogP contribution in [0.2, 0.25) is 0 Å². The molecule has 5 heteroatoms. The van der Waals surface area contributed by atoms with Crippen LogP contribution >= 0.6 is 0 Å². The quantitative estimate of drug-likeness (QED) is 0.794. The van der Waals surface area contributed by atoms with Crippen molar-refractivity contribution < 1.29 is 0 Å². The molecule has 110 valence electrons. The lowest BCUT2D eigenvalue weighted by molar-refractivity contribution is 0.932. The number of nitrogens with zero attached hydrogens (tertiary/aromatic N) is 4. The molecule has 0 bridgehead atoms. The van der Waals surface area contributed by atoms with Gasteiger partial charge in [-0.1, -0.05) is 36.4 Å². The Balaban J connectivity index is 1.85. The lowest BCUT2D eigenvalue weighted by Crippen LogP contribution is -2.14. The van der Waals surface area contributed by atoms with Crippen LogP contribution < -0.4 is 10.2 Å². The standard InChI is InChI=1S/C17H17N5/c1-13-8-6-7-11-15(13)19-16-12-18-21-17(20-16)22(2)14-9-4-3-5-10-14/h3-12H,1-2H3,(H,19,20,21). The van der Waals surface area contributed by atoms with Crippen LogP contribution in [-0.2, 0) is 0 Å². The van der Waals surface area contributed by atoms with Crippen molar-refractivity contribution in [3.8, 4) is 0 Å². The maximum absolute atomic E-state index is 4.53. The molecular formula is C17H17N5. The van der Waals surface area contributed by atoms with E-state index in [1.807, 2.05) is 73.5 Å². The Morgan fingerprint density at radius 1 is 0.955 bits per heavy atom. The zero-order valence-electron chi connectivity index (χ0n) is 12.6. The van der Waals surface area contributed by atoms with Crippen molar-refractivity contribution in [3.63, 3.8) is 0 Å². The summed E-state index contributed by atoms with van der Waals surface area (Å²) in [5.74, 6) is 1.21. The lowest BCUT2D eigenvalue weighted by atomic mass is 10.2. The summed E-state index contributed by atoms with van der Waals surface area (Å²) in [5.41, 5.74) is 3.17. The lowest BCUT2D eigenvalue weighted by Gasteiger charge is -2.17. The van der Waals surface area contributed by atoms with Gasteiger partial charge in [-0.3, -0.25) is 0 Å². The summed E-state index contributed by atoms with van der Waals surface area (Å²) < 4.78 is 0. The number of hydrogen-bond donors (Lipinski definition) is 1. The molecule has 2 aromatic carbocycles. The van der Waals surface area contributed by atoms with E-state index in [1.54, 1.807) is 6.20 Å². The van der Waals surface area contributed by atoms with Crippen molar-refractivity contribution in [1.29, 1.82) is 0 Å². The normalized spacial score (nSPS) is 10.3. The minimum absolute atomic E-state index is 0.546. The highest BCUT2D eigenvalue weighted by Crippen LogP contribution is 2.22. The maximum Gasteiger partial charge on any atom is 0.251 e. The first-order valence-electron chi connectivity index (χ1n) is 7.05. The van der Waals surface area contributed by atoms with Crippen molar-refractivity contribution in [2.24, 2.45) is 0 Å². The number of para-hydroxylation sites is 2. The minimum Gasteiger partial charge on any atom is -0.339 e. The molecule has 3 rings (SSSR count). The number of hydrogen-bond acceptors (Lipinski definition) is 5. The van der Waals surface area contributed by atoms with Gasteiger partial charge in [-0.15, -0.1) is 5.10 Å². The first kappa shape index (κ1) is 14.0. The van der Waals surface area contributed by atoms with Crippen LogP contribution in [0.1, 0.15) is 5.56 Å². The van der Waals surface area contributed by atoms with Gasteiger partial charge in [0.1, 0.15) is 0 Å². The van der Waals surface area contributed by atoms with E-state index in [4.69, 9.17) is 0 Å². The molecule has 1 aromatic heterocycles. The molecule has 0 atom stereocenters. The van der Waals surface area contributed by atoms with E-state index in [1.165, 1.54) is 0 Å². The highest BCUT2D eigenvalue weighted by Gasteiger charge is 2.08. The predicted molar refractivity (Wildman–Crippen MR) is 88.8 cm³/mol. The first-order chi connectivity index (χ1) is 10.7. The third-order valence-corrected chi connectivity index (χ3v) is 3.40. The van der Waals surface area contributed by atoms with Crippen LogP contribution in [-0.4, -0.2) is 22.2 Å². The number of benzene rings is 2. The van der Waals surface area contributed by atoms with Crippen LogP contribution in [0.4, 0.5) is 23.1 Å². The first-order valence-corrected chi connectivity index (χ1v) is 7.05. The Bertz CT molecular complexity index is 758. The van der Waals surface area contributed by atoms with Gasteiger partial charge in [0, 0.05) is 18.4 Å². The average molecular weight is 291 g/mol. The molecule has 0 aliphatic carbocycles.